The van der Waals surface area contributed by atoms with Crippen LogP contribution in [0.15, 0.2) is 35.2 Å². The van der Waals surface area contributed by atoms with E-state index in [0.717, 1.165) is 24.3 Å². The summed E-state index contributed by atoms with van der Waals surface area (Å²) in [5, 5.41) is 21.7. The number of aryl methyl sites for hydroxylation is 1. The van der Waals surface area contributed by atoms with Gasteiger partial charge in [-0.15, -0.1) is 0 Å². The lowest BCUT2D eigenvalue weighted by Crippen LogP contribution is -2.15. The van der Waals surface area contributed by atoms with Gasteiger partial charge in [0.2, 0.25) is 5.82 Å². The third-order valence-corrected chi connectivity index (χ3v) is 5.01. The lowest BCUT2D eigenvalue weighted by molar-refractivity contribution is -0.387. The normalized spacial score (nSPS) is 11.2. The molecule has 0 saturated carbocycles. The molecule has 0 atom stereocenters. The molecule has 0 amide bonds. The Morgan fingerprint density at radius 1 is 1.04 bits per heavy atom. The molecular weight excluding hydrogens is 357 g/mol. The van der Waals surface area contributed by atoms with E-state index in [1.54, 1.807) is 0 Å². The fraction of sp³-hybridized carbons (Fsp3) is 0.143. The molecule has 2 rings (SSSR count). The topological polar surface area (TPSA) is 132 Å². The number of nitrogens with zero attached hydrogens (tertiary/aromatic N) is 2. The molecule has 1 N–H and O–H groups in total. The molecule has 0 unspecified atom stereocenters. The van der Waals surface area contributed by atoms with Gasteiger partial charge in [-0.2, -0.15) is 4.39 Å². The first-order valence-electron chi connectivity index (χ1n) is 6.75. The largest absolute Gasteiger partial charge is 0.306 e. The number of halogens is 1. The highest BCUT2D eigenvalue weighted by Gasteiger charge is 2.24. The van der Waals surface area contributed by atoms with Crippen LogP contribution in [0.5, 0.6) is 0 Å². The molecular formula is C14H12FN3O6S. The van der Waals surface area contributed by atoms with E-state index in [1.165, 1.54) is 19.9 Å². The lowest BCUT2D eigenvalue weighted by atomic mass is 10.1. The van der Waals surface area contributed by atoms with Crippen LogP contribution in [0.4, 0.5) is 21.5 Å². The highest BCUT2D eigenvalue weighted by molar-refractivity contribution is 7.92. The van der Waals surface area contributed by atoms with Crippen molar-refractivity contribution in [2.45, 2.75) is 18.7 Å². The average molecular weight is 369 g/mol. The van der Waals surface area contributed by atoms with Crippen LogP contribution in [-0.2, 0) is 10.0 Å². The van der Waals surface area contributed by atoms with Crippen LogP contribution in [0.2, 0.25) is 0 Å². The summed E-state index contributed by atoms with van der Waals surface area (Å²) < 4.78 is 40.4. The summed E-state index contributed by atoms with van der Waals surface area (Å²) in [6.45, 7) is 2.99. The highest BCUT2D eigenvalue weighted by Crippen LogP contribution is 2.28. The number of nitrogens with one attached hydrogen (secondary N) is 1. The maximum Gasteiger partial charge on any atom is 0.306 e. The predicted octanol–water partition coefficient (Wildman–Crippen LogP) is 3.06. The lowest BCUT2D eigenvalue weighted by Gasteiger charge is -2.12. The van der Waals surface area contributed by atoms with Gasteiger partial charge in [-0.1, -0.05) is 0 Å². The van der Waals surface area contributed by atoms with E-state index in [0.29, 0.717) is 5.56 Å². The number of hydrogen-bond donors (Lipinski definition) is 1. The van der Waals surface area contributed by atoms with Crippen LogP contribution in [-0.4, -0.2) is 18.3 Å². The summed E-state index contributed by atoms with van der Waals surface area (Å²) in [4.78, 5) is 19.6. The number of hydrogen-bond acceptors (Lipinski definition) is 6. The summed E-state index contributed by atoms with van der Waals surface area (Å²) in [5.41, 5.74) is -0.869. The van der Waals surface area contributed by atoms with Crippen molar-refractivity contribution in [3.63, 3.8) is 0 Å². The molecule has 9 nitrogen and oxygen atoms in total. The van der Waals surface area contributed by atoms with E-state index in [2.05, 4.69) is 4.72 Å². The molecule has 0 bridgehead atoms. The van der Waals surface area contributed by atoms with Gasteiger partial charge in [-0.3, -0.25) is 25.0 Å². The Kier molecular flexibility index (Phi) is 4.70. The Morgan fingerprint density at radius 3 is 2.24 bits per heavy atom. The van der Waals surface area contributed by atoms with Gasteiger partial charge in [-0.25, -0.2) is 8.42 Å². The first-order valence-corrected chi connectivity index (χ1v) is 8.23. The van der Waals surface area contributed by atoms with Crippen LogP contribution < -0.4 is 4.72 Å². The second kappa shape index (κ2) is 6.43. The monoisotopic (exact) mass is 369 g/mol. The average Bonchev–Trinajstić information content (AvgIpc) is 2.50. The predicted molar refractivity (Wildman–Crippen MR) is 86.4 cm³/mol. The minimum Gasteiger partial charge on any atom is -0.279 e. The van der Waals surface area contributed by atoms with E-state index >= 15 is 0 Å². The van der Waals surface area contributed by atoms with Crippen LogP contribution in [0.25, 0.3) is 0 Å². The molecule has 2 aromatic rings. The summed E-state index contributed by atoms with van der Waals surface area (Å²) in [6, 6.07) is 4.62. The summed E-state index contributed by atoms with van der Waals surface area (Å²) in [7, 11) is -4.28. The van der Waals surface area contributed by atoms with Crippen LogP contribution >= 0.6 is 0 Å². The van der Waals surface area contributed by atoms with Gasteiger partial charge in [0.15, 0.2) is 0 Å². The number of anilines is 1. The molecule has 0 spiro atoms. The zero-order chi connectivity index (χ0) is 18.9. The number of rotatable bonds is 5. The molecule has 2 aromatic carbocycles. The number of non-ortho nitro benzene ring substituents is 1. The molecule has 132 valence electrons. The van der Waals surface area contributed by atoms with Crippen molar-refractivity contribution in [1.82, 2.24) is 0 Å². The van der Waals surface area contributed by atoms with E-state index in [9.17, 15) is 33.0 Å². The van der Waals surface area contributed by atoms with E-state index in [1.807, 2.05) is 0 Å². The molecule has 11 heteroatoms. The van der Waals surface area contributed by atoms with Crippen molar-refractivity contribution in [2.24, 2.45) is 0 Å². The zero-order valence-corrected chi connectivity index (χ0v) is 13.8. The number of benzene rings is 2. The first kappa shape index (κ1) is 18.3. The third-order valence-electron chi connectivity index (χ3n) is 3.50. The first-order chi connectivity index (χ1) is 11.5. The van der Waals surface area contributed by atoms with Crippen molar-refractivity contribution in [3.8, 4) is 0 Å². The highest BCUT2D eigenvalue weighted by atomic mass is 32.2. The maximum absolute atomic E-state index is 13.3. The van der Waals surface area contributed by atoms with Crippen molar-refractivity contribution >= 4 is 27.1 Å². The standard InChI is InChI=1S/C14H12FN3O6S/c1-8-5-11(17(19)20)7-14(9(8)2)25(23,24)16-10-3-4-12(15)13(6-10)18(21)22/h3-7,16H,1-2H3. The summed E-state index contributed by atoms with van der Waals surface area (Å²) in [6.07, 6.45) is 0. The molecule has 0 fully saturated rings. The fourth-order valence-electron chi connectivity index (χ4n) is 2.12. The van der Waals surface area contributed by atoms with Gasteiger partial charge in [0.05, 0.1) is 20.4 Å². The Labute approximate surface area is 141 Å². The van der Waals surface area contributed by atoms with Gasteiger partial charge < -0.3 is 0 Å². The molecule has 0 aliphatic rings. The third kappa shape index (κ3) is 3.71. The Balaban J connectivity index is 2.52. The van der Waals surface area contributed by atoms with Gasteiger partial charge in [0.25, 0.3) is 15.7 Å². The number of nitro groups is 2. The van der Waals surface area contributed by atoms with Crippen LogP contribution in [0, 0.1) is 39.9 Å². The quantitative estimate of drug-likeness (QED) is 0.636. The smallest absolute Gasteiger partial charge is 0.279 e. The van der Waals surface area contributed by atoms with Gasteiger partial charge >= 0.3 is 5.69 Å². The van der Waals surface area contributed by atoms with Gasteiger partial charge in [0, 0.05) is 18.2 Å². The van der Waals surface area contributed by atoms with Crippen LogP contribution in [0.3, 0.4) is 0 Å². The second-order valence-corrected chi connectivity index (χ2v) is 6.82. The summed E-state index contributed by atoms with van der Waals surface area (Å²) in [5.74, 6) is -1.12. The van der Waals surface area contributed by atoms with E-state index < -0.39 is 37.1 Å². The molecule has 0 aliphatic heterocycles. The van der Waals surface area contributed by atoms with Crippen molar-refractivity contribution in [3.05, 3.63) is 67.5 Å². The minimum absolute atomic E-state index is 0.239. The molecule has 0 aliphatic carbocycles. The number of nitro benzene ring substituents is 2. The fourth-order valence-corrected chi connectivity index (χ4v) is 3.51. The minimum atomic E-state index is -4.28. The van der Waals surface area contributed by atoms with Crippen molar-refractivity contribution in [1.29, 1.82) is 0 Å². The Bertz CT molecular complexity index is 990. The van der Waals surface area contributed by atoms with Gasteiger partial charge in [0.1, 0.15) is 0 Å². The second-order valence-electron chi connectivity index (χ2n) is 5.17. The molecule has 0 saturated heterocycles. The van der Waals surface area contributed by atoms with E-state index in [-0.39, 0.29) is 16.1 Å². The molecule has 0 aromatic heterocycles. The van der Waals surface area contributed by atoms with Crippen molar-refractivity contribution < 1.29 is 22.7 Å². The van der Waals surface area contributed by atoms with Crippen LogP contribution in [0.1, 0.15) is 11.1 Å². The van der Waals surface area contributed by atoms with Crippen molar-refractivity contribution in [2.75, 3.05) is 4.72 Å². The Hall–Kier alpha value is -3.08. The SMILES string of the molecule is Cc1cc([N+](=O)[O-])cc(S(=O)(=O)Nc2ccc(F)c([N+](=O)[O-])c2)c1C. The van der Waals surface area contributed by atoms with E-state index in [4.69, 9.17) is 0 Å². The summed E-state index contributed by atoms with van der Waals surface area (Å²) >= 11 is 0. The Morgan fingerprint density at radius 2 is 1.68 bits per heavy atom. The van der Waals surface area contributed by atoms with Gasteiger partial charge in [-0.05, 0) is 37.1 Å². The molecule has 0 radical (unpaired) electrons. The maximum atomic E-state index is 13.3. The molecule has 25 heavy (non-hydrogen) atoms. The molecule has 0 heterocycles. The number of sulfonamides is 1. The zero-order valence-electron chi connectivity index (χ0n) is 13.0.